The Hall–Kier alpha value is -3.40. The van der Waals surface area contributed by atoms with Crippen LogP contribution in [0, 0.1) is 0 Å². The molecule has 10 heteroatoms. The van der Waals surface area contributed by atoms with Crippen LogP contribution in [0.25, 0.3) is 11.4 Å². The molecule has 0 unspecified atom stereocenters. The Morgan fingerprint density at radius 2 is 2.10 bits per heavy atom. The lowest BCUT2D eigenvalue weighted by Gasteiger charge is -2.28. The molecule has 3 aromatic heterocycles. The van der Waals surface area contributed by atoms with Crippen LogP contribution in [0.2, 0.25) is 0 Å². The molecular weight excluding hydrogens is 390 g/mol. The number of aromatic nitrogens is 4. The average Bonchev–Trinajstić information content (AvgIpc) is 3.44. The van der Waals surface area contributed by atoms with Crippen LogP contribution in [0.15, 0.2) is 29.2 Å². The molecule has 4 rings (SSSR count). The Morgan fingerprint density at radius 1 is 1.23 bits per heavy atom. The van der Waals surface area contributed by atoms with Gasteiger partial charge in [-0.15, -0.1) is 0 Å². The number of carbonyl (C=O) groups is 1. The Kier molecular flexibility index (Phi) is 5.66. The van der Waals surface area contributed by atoms with E-state index >= 15 is 0 Å². The summed E-state index contributed by atoms with van der Waals surface area (Å²) in [5.74, 6) is 0.457. The fourth-order valence-corrected chi connectivity index (χ4v) is 3.59. The molecular formula is C20H23N5O5. The first-order chi connectivity index (χ1) is 14.7. The zero-order chi connectivity index (χ0) is 21.1. The molecule has 10 nitrogen and oxygen atoms in total. The number of oxazole rings is 1. The highest BCUT2D eigenvalue weighted by Crippen LogP contribution is 2.31. The molecule has 0 bridgehead atoms. The highest BCUT2D eigenvalue weighted by atomic mass is 16.5. The summed E-state index contributed by atoms with van der Waals surface area (Å²) >= 11 is 0. The van der Waals surface area contributed by atoms with Crippen molar-refractivity contribution in [2.45, 2.75) is 19.5 Å². The lowest BCUT2D eigenvalue weighted by molar-refractivity contribution is 0.0728. The first-order valence-corrected chi connectivity index (χ1v) is 9.50. The van der Waals surface area contributed by atoms with Gasteiger partial charge in [-0.05, 0) is 6.07 Å². The van der Waals surface area contributed by atoms with Crippen LogP contribution >= 0.6 is 0 Å². The SMILES string of the molecule is COCCn1nc(-c2cocn2)c2c1CCN(C(=O)c1ccc(OC)nc1OC)C2. The van der Waals surface area contributed by atoms with Crippen molar-refractivity contribution in [3.8, 4) is 23.1 Å². The van der Waals surface area contributed by atoms with Crippen molar-refractivity contribution in [2.24, 2.45) is 0 Å². The van der Waals surface area contributed by atoms with E-state index in [1.165, 1.54) is 20.6 Å². The van der Waals surface area contributed by atoms with E-state index in [4.69, 9.17) is 23.7 Å². The minimum Gasteiger partial charge on any atom is -0.481 e. The van der Waals surface area contributed by atoms with E-state index in [1.807, 2.05) is 4.68 Å². The monoisotopic (exact) mass is 413 g/mol. The standard InChI is InChI=1S/C20H23N5O5/c1-27-9-8-25-16-6-7-24(10-14(16)18(23-25)15-11-30-12-21-15)20(26)13-4-5-17(28-2)22-19(13)29-3/h4-5,11-12H,6-10H2,1-3H3. The van der Waals surface area contributed by atoms with Gasteiger partial charge in [-0.25, -0.2) is 4.98 Å². The zero-order valence-electron chi connectivity index (χ0n) is 17.1. The Balaban J connectivity index is 1.66. The van der Waals surface area contributed by atoms with Gasteiger partial charge in [0.15, 0.2) is 6.39 Å². The number of amides is 1. The summed E-state index contributed by atoms with van der Waals surface area (Å²) < 4.78 is 22.7. The van der Waals surface area contributed by atoms with Crippen LogP contribution in [0.1, 0.15) is 21.6 Å². The smallest absolute Gasteiger partial charge is 0.259 e. The molecule has 0 spiro atoms. The molecule has 158 valence electrons. The first kappa shape index (κ1) is 19.9. The van der Waals surface area contributed by atoms with E-state index < -0.39 is 0 Å². The second-order valence-electron chi connectivity index (χ2n) is 6.75. The fourth-order valence-electron chi connectivity index (χ4n) is 3.59. The summed E-state index contributed by atoms with van der Waals surface area (Å²) in [4.78, 5) is 23.5. The molecule has 0 saturated carbocycles. The third kappa shape index (κ3) is 3.61. The number of hydrogen-bond donors (Lipinski definition) is 0. The van der Waals surface area contributed by atoms with E-state index in [-0.39, 0.29) is 11.8 Å². The maximum atomic E-state index is 13.2. The molecule has 3 aromatic rings. The Morgan fingerprint density at radius 3 is 2.80 bits per heavy atom. The van der Waals surface area contributed by atoms with Gasteiger partial charge in [-0.2, -0.15) is 10.1 Å². The highest BCUT2D eigenvalue weighted by molar-refractivity contribution is 5.96. The zero-order valence-corrected chi connectivity index (χ0v) is 17.1. The van der Waals surface area contributed by atoms with Gasteiger partial charge in [0.2, 0.25) is 11.8 Å². The number of ether oxygens (including phenoxy) is 3. The maximum Gasteiger partial charge on any atom is 0.259 e. The first-order valence-electron chi connectivity index (χ1n) is 9.50. The summed E-state index contributed by atoms with van der Waals surface area (Å²) in [7, 11) is 4.66. The summed E-state index contributed by atoms with van der Waals surface area (Å²) in [6.45, 7) is 2.13. The van der Waals surface area contributed by atoms with Gasteiger partial charge in [-0.1, -0.05) is 0 Å². The minimum atomic E-state index is -0.164. The van der Waals surface area contributed by atoms with Gasteiger partial charge in [0.25, 0.3) is 5.91 Å². The minimum absolute atomic E-state index is 0.164. The molecule has 0 aliphatic carbocycles. The van der Waals surface area contributed by atoms with Crippen molar-refractivity contribution < 1.29 is 23.4 Å². The van der Waals surface area contributed by atoms with Gasteiger partial charge < -0.3 is 23.5 Å². The van der Waals surface area contributed by atoms with E-state index in [0.29, 0.717) is 55.5 Å². The third-order valence-electron chi connectivity index (χ3n) is 5.07. The second kappa shape index (κ2) is 8.54. The third-order valence-corrected chi connectivity index (χ3v) is 5.07. The van der Waals surface area contributed by atoms with Crippen LogP contribution in [-0.4, -0.2) is 65.0 Å². The van der Waals surface area contributed by atoms with Crippen LogP contribution in [0.4, 0.5) is 0 Å². The van der Waals surface area contributed by atoms with Crippen LogP contribution in [0.3, 0.4) is 0 Å². The number of fused-ring (bicyclic) bond motifs is 1. The van der Waals surface area contributed by atoms with Crippen LogP contribution in [0.5, 0.6) is 11.8 Å². The quantitative estimate of drug-likeness (QED) is 0.577. The number of pyridine rings is 1. The molecule has 0 N–H and O–H groups in total. The Labute approximate surface area is 173 Å². The summed E-state index contributed by atoms with van der Waals surface area (Å²) in [6.07, 6.45) is 3.59. The molecule has 0 fully saturated rings. The van der Waals surface area contributed by atoms with Gasteiger partial charge in [0.05, 0.1) is 33.9 Å². The van der Waals surface area contributed by atoms with Gasteiger partial charge in [-0.3, -0.25) is 9.48 Å². The van der Waals surface area contributed by atoms with Gasteiger partial charge in [0.1, 0.15) is 23.2 Å². The molecule has 1 aliphatic heterocycles. The summed E-state index contributed by atoms with van der Waals surface area (Å²) in [5.41, 5.74) is 3.78. The van der Waals surface area contributed by atoms with Crippen LogP contribution in [-0.2, 0) is 24.2 Å². The second-order valence-corrected chi connectivity index (χ2v) is 6.75. The summed E-state index contributed by atoms with van der Waals surface area (Å²) in [5, 5.41) is 4.72. The van der Waals surface area contributed by atoms with Crippen molar-refractivity contribution >= 4 is 5.91 Å². The topological polar surface area (TPSA) is 105 Å². The number of methoxy groups -OCH3 is 3. The molecule has 4 heterocycles. The summed E-state index contributed by atoms with van der Waals surface area (Å²) in [6, 6.07) is 3.32. The molecule has 0 radical (unpaired) electrons. The van der Waals surface area contributed by atoms with Gasteiger partial charge in [0, 0.05) is 37.4 Å². The molecule has 0 atom stereocenters. The molecule has 0 saturated heterocycles. The van der Waals surface area contributed by atoms with Crippen molar-refractivity contribution in [2.75, 3.05) is 34.5 Å². The van der Waals surface area contributed by atoms with Crippen LogP contribution < -0.4 is 9.47 Å². The van der Waals surface area contributed by atoms with Crippen molar-refractivity contribution in [1.82, 2.24) is 24.6 Å². The maximum absolute atomic E-state index is 13.2. The molecule has 0 aromatic carbocycles. The molecule has 1 amide bonds. The number of nitrogens with zero attached hydrogens (tertiary/aromatic N) is 5. The molecule has 1 aliphatic rings. The van der Waals surface area contributed by atoms with Crippen molar-refractivity contribution in [1.29, 1.82) is 0 Å². The largest absolute Gasteiger partial charge is 0.481 e. The Bertz CT molecular complexity index is 1030. The van der Waals surface area contributed by atoms with E-state index in [9.17, 15) is 4.79 Å². The van der Waals surface area contributed by atoms with E-state index in [2.05, 4.69) is 9.97 Å². The number of rotatable bonds is 7. The van der Waals surface area contributed by atoms with Crippen molar-refractivity contribution in [3.63, 3.8) is 0 Å². The predicted molar refractivity (Wildman–Crippen MR) is 105 cm³/mol. The lowest BCUT2D eigenvalue weighted by atomic mass is 10.0. The highest BCUT2D eigenvalue weighted by Gasteiger charge is 2.30. The normalized spacial score (nSPS) is 13.2. The molecule has 30 heavy (non-hydrogen) atoms. The van der Waals surface area contributed by atoms with E-state index in [0.717, 1.165) is 11.3 Å². The fraction of sp³-hybridized carbons (Fsp3) is 0.400. The predicted octanol–water partition coefficient (Wildman–Crippen LogP) is 1.80. The van der Waals surface area contributed by atoms with E-state index in [1.54, 1.807) is 30.4 Å². The lowest BCUT2D eigenvalue weighted by Crippen LogP contribution is -2.36. The van der Waals surface area contributed by atoms with Gasteiger partial charge >= 0.3 is 0 Å². The number of hydrogen-bond acceptors (Lipinski definition) is 8. The number of carbonyl (C=O) groups excluding carboxylic acids is 1. The average molecular weight is 413 g/mol. The van der Waals surface area contributed by atoms with Crippen molar-refractivity contribution in [3.05, 3.63) is 41.6 Å².